The van der Waals surface area contributed by atoms with Crippen molar-refractivity contribution in [2.24, 2.45) is 0 Å². The van der Waals surface area contributed by atoms with Gasteiger partial charge in [0.1, 0.15) is 17.1 Å². The van der Waals surface area contributed by atoms with Crippen LogP contribution >= 0.6 is 0 Å². The standard InChI is InChI=1S/C26H21F4N5O4/c1-14-8-17(6-7-19(14)15(2)36)12-32-25(38)22-10-21(34-23-20(27)13-33-35(22)23)24(37)31-11-16-4-3-5-18(9-16)39-26(28,29)30/h3-10,13H,11-12H2,1-2H3,(H,31,37)(H,32,38). The zero-order valence-electron chi connectivity index (χ0n) is 20.6. The highest BCUT2D eigenvalue weighted by atomic mass is 19.4. The van der Waals surface area contributed by atoms with Crippen LogP contribution in [0.4, 0.5) is 17.6 Å². The normalized spacial score (nSPS) is 11.3. The van der Waals surface area contributed by atoms with E-state index in [1.54, 1.807) is 25.1 Å². The Morgan fingerprint density at radius 3 is 2.33 bits per heavy atom. The van der Waals surface area contributed by atoms with Gasteiger partial charge < -0.3 is 15.4 Å². The predicted octanol–water partition coefficient (Wildman–Crippen LogP) is 4.14. The SMILES string of the molecule is CC(=O)c1ccc(CNC(=O)c2cc(C(=O)NCc3cccc(OC(F)(F)F)c3)nc3c(F)cnn23)cc1C. The maximum Gasteiger partial charge on any atom is 0.573 e. The molecule has 2 heterocycles. The quantitative estimate of drug-likeness (QED) is 0.255. The maximum atomic E-state index is 14.3. The van der Waals surface area contributed by atoms with Crippen molar-refractivity contribution >= 4 is 23.2 Å². The first-order valence-corrected chi connectivity index (χ1v) is 11.5. The van der Waals surface area contributed by atoms with E-state index in [1.165, 1.54) is 19.1 Å². The van der Waals surface area contributed by atoms with Crippen molar-refractivity contribution in [1.82, 2.24) is 25.2 Å². The molecule has 4 rings (SSSR count). The first-order valence-electron chi connectivity index (χ1n) is 11.5. The van der Waals surface area contributed by atoms with Gasteiger partial charge in [-0.2, -0.15) is 5.10 Å². The average molecular weight is 543 g/mol. The molecule has 0 saturated carbocycles. The van der Waals surface area contributed by atoms with Crippen molar-refractivity contribution in [3.63, 3.8) is 0 Å². The van der Waals surface area contributed by atoms with E-state index in [0.717, 1.165) is 34.5 Å². The van der Waals surface area contributed by atoms with Crippen LogP contribution < -0.4 is 15.4 Å². The van der Waals surface area contributed by atoms with E-state index in [9.17, 15) is 31.9 Å². The number of amides is 2. The summed E-state index contributed by atoms with van der Waals surface area (Å²) in [5.74, 6) is -2.89. The number of alkyl halides is 3. The van der Waals surface area contributed by atoms with E-state index in [2.05, 4.69) is 25.5 Å². The van der Waals surface area contributed by atoms with Gasteiger partial charge in [0, 0.05) is 24.7 Å². The third kappa shape index (κ3) is 6.55. The van der Waals surface area contributed by atoms with Gasteiger partial charge in [0.2, 0.25) is 0 Å². The molecule has 0 aliphatic rings. The summed E-state index contributed by atoms with van der Waals surface area (Å²) in [5.41, 5.74) is 1.45. The van der Waals surface area contributed by atoms with Crippen LogP contribution in [0.3, 0.4) is 0 Å². The number of aryl methyl sites for hydroxylation is 1. The molecule has 9 nitrogen and oxygen atoms in total. The molecular weight excluding hydrogens is 522 g/mol. The summed E-state index contributed by atoms with van der Waals surface area (Å²) in [5, 5.41) is 8.96. The van der Waals surface area contributed by atoms with Crippen molar-refractivity contribution in [3.8, 4) is 5.75 Å². The Hall–Kier alpha value is -4.81. The van der Waals surface area contributed by atoms with Gasteiger partial charge in [0.25, 0.3) is 11.8 Å². The fraction of sp³-hybridized carbons (Fsp3) is 0.192. The van der Waals surface area contributed by atoms with Crippen molar-refractivity contribution in [3.05, 3.63) is 94.2 Å². The Morgan fingerprint density at radius 2 is 1.67 bits per heavy atom. The van der Waals surface area contributed by atoms with Crippen LogP contribution in [-0.4, -0.2) is 38.6 Å². The molecule has 0 unspecified atom stereocenters. The number of benzene rings is 2. The monoisotopic (exact) mass is 543 g/mol. The first-order chi connectivity index (χ1) is 18.4. The van der Waals surface area contributed by atoms with E-state index in [4.69, 9.17) is 0 Å². The van der Waals surface area contributed by atoms with Crippen molar-refractivity contribution < 1.29 is 36.7 Å². The molecule has 0 radical (unpaired) electrons. The van der Waals surface area contributed by atoms with Gasteiger partial charge in [-0.25, -0.2) is 13.9 Å². The molecule has 0 fully saturated rings. The Morgan fingerprint density at radius 1 is 0.974 bits per heavy atom. The van der Waals surface area contributed by atoms with Crippen LogP contribution in [0.1, 0.15) is 54.9 Å². The molecule has 0 atom stereocenters. The fourth-order valence-corrected chi connectivity index (χ4v) is 3.84. The lowest BCUT2D eigenvalue weighted by Gasteiger charge is -2.12. The molecule has 0 aliphatic carbocycles. The van der Waals surface area contributed by atoms with E-state index < -0.39 is 29.7 Å². The van der Waals surface area contributed by atoms with Crippen molar-refractivity contribution in [1.29, 1.82) is 0 Å². The number of ketones is 1. The molecule has 2 N–H and O–H groups in total. The van der Waals surface area contributed by atoms with E-state index >= 15 is 0 Å². The van der Waals surface area contributed by atoms with Crippen LogP contribution in [0.5, 0.6) is 5.75 Å². The highest BCUT2D eigenvalue weighted by Gasteiger charge is 2.31. The molecule has 0 spiro atoms. The summed E-state index contributed by atoms with van der Waals surface area (Å²) in [6.07, 6.45) is -4.03. The highest BCUT2D eigenvalue weighted by Crippen LogP contribution is 2.23. The van der Waals surface area contributed by atoms with Crippen LogP contribution in [0, 0.1) is 12.7 Å². The van der Waals surface area contributed by atoms with Gasteiger partial charge in [-0.3, -0.25) is 14.4 Å². The fourth-order valence-electron chi connectivity index (χ4n) is 3.84. The number of ether oxygens (including phenoxy) is 1. The number of hydrogen-bond donors (Lipinski definition) is 2. The second-order valence-electron chi connectivity index (χ2n) is 8.52. The highest BCUT2D eigenvalue weighted by molar-refractivity contribution is 5.98. The molecule has 0 bridgehead atoms. The number of rotatable bonds is 8. The summed E-state index contributed by atoms with van der Waals surface area (Å²) in [4.78, 5) is 41.4. The van der Waals surface area contributed by atoms with Gasteiger partial charge in [-0.1, -0.05) is 30.3 Å². The summed E-state index contributed by atoms with van der Waals surface area (Å²) in [7, 11) is 0. The summed E-state index contributed by atoms with van der Waals surface area (Å²) in [6.45, 7) is 3.10. The first kappa shape index (κ1) is 27.2. The molecular formula is C26H21F4N5O4. The number of nitrogens with one attached hydrogen (secondary N) is 2. The summed E-state index contributed by atoms with van der Waals surface area (Å²) < 4.78 is 56.6. The van der Waals surface area contributed by atoms with Crippen molar-refractivity contribution in [2.45, 2.75) is 33.3 Å². The molecule has 13 heteroatoms. The van der Waals surface area contributed by atoms with Crippen LogP contribution in [0.15, 0.2) is 54.7 Å². The molecule has 2 amide bonds. The molecule has 39 heavy (non-hydrogen) atoms. The smallest absolute Gasteiger partial charge is 0.406 e. The van der Waals surface area contributed by atoms with Crippen LogP contribution in [0.25, 0.3) is 5.65 Å². The number of carbonyl (C=O) groups excluding carboxylic acids is 3. The number of Topliss-reactive ketones (excluding diaryl/α,β-unsaturated/α-hetero) is 1. The molecule has 4 aromatic rings. The Bertz CT molecular complexity index is 1580. The van der Waals surface area contributed by atoms with Gasteiger partial charge >= 0.3 is 6.36 Å². The Balaban J connectivity index is 1.51. The maximum absolute atomic E-state index is 14.3. The second-order valence-corrected chi connectivity index (χ2v) is 8.52. The number of halogens is 4. The number of hydrogen-bond acceptors (Lipinski definition) is 6. The topological polar surface area (TPSA) is 115 Å². The minimum atomic E-state index is -4.87. The second kappa shape index (κ2) is 10.9. The Labute approximate surface area is 218 Å². The third-order valence-electron chi connectivity index (χ3n) is 5.60. The third-order valence-corrected chi connectivity index (χ3v) is 5.60. The number of fused-ring (bicyclic) bond motifs is 1. The van der Waals surface area contributed by atoms with E-state index in [1.807, 2.05) is 0 Å². The van der Waals surface area contributed by atoms with E-state index in [-0.39, 0.29) is 35.9 Å². The molecule has 0 saturated heterocycles. The minimum absolute atomic E-state index is 0.0727. The number of nitrogens with zero attached hydrogens (tertiary/aromatic N) is 3. The largest absolute Gasteiger partial charge is 0.573 e. The summed E-state index contributed by atoms with van der Waals surface area (Å²) in [6, 6.07) is 11.2. The average Bonchev–Trinajstić information content (AvgIpc) is 3.24. The van der Waals surface area contributed by atoms with Gasteiger partial charge in [0.05, 0.1) is 6.20 Å². The van der Waals surface area contributed by atoms with Gasteiger partial charge in [-0.15, -0.1) is 13.2 Å². The summed E-state index contributed by atoms with van der Waals surface area (Å²) >= 11 is 0. The van der Waals surface area contributed by atoms with Crippen LogP contribution in [0.2, 0.25) is 0 Å². The van der Waals surface area contributed by atoms with Gasteiger partial charge in [0.15, 0.2) is 17.2 Å². The van der Waals surface area contributed by atoms with Gasteiger partial charge in [-0.05, 0) is 42.7 Å². The lowest BCUT2D eigenvalue weighted by Crippen LogP contribution is -2.28. The lowest BCUT2D eigenvalue weighted by atomic mass is 10.0. The molecule has 2 aromatic carbocycles. The molecule has 2 aromatic heterocycles. The van der Waals surface area contributed by atoms with Crippen molar-refractivity contribution in [2.75, 3.05) is 0 Å². The molecule has 0 aliphatic heterocycles. The van der Waals surface area contributed by atoms with E-state index in [0.29, 0.717) is 16.7 Å². The zero-order valence-corrected chi connectivity index (χ0v) is 20.6. The zero-order chi connectivity index (χ0) is 28.3. The minimum Gasteiger partial charge on any atom is -0.406 e. The number of carbonyl (C=O) groups is 3. The predicted molar refractivity (Wildman–Crippen MR) is 130 cm³/mol. The lowest BCUT2D eigenvalue weighted by molar-refractivity contribution is -0.274. The Kier molecular flexibility index (Phi) is 7.61. The van der Waals surface area contributed by atoms with Crippen LogP contribution in [-0.2, 0) is 13.1 Å². The number of aromatic nitrogens is 3. The molecule has 202 valence electrons.